The molecule has 1 aromatic rings. The van der Waals surface area contributed by atoms with Gasteiger partial charge in [0.05, 0.1) is 0 Å². The summed E-state index contributed by atoms with van der Waals surface area (Å²) in [6.07, 6.45) is 7.86. The van der Waals surface area contributed by atoms with E-state index < -0.39 is 0 Å². The Morgan fingerprint density at radius 2 is 2.06 bits per heavy atom. The number of nitrogen functional groups attached to an aromatic ring is 1. The number of thioether (sulfide) groups is 1. The number of nitrogens with two attached hydrogens (primary N) is 1. The number of rotatable bonds is 3. The molecular weight excluding hydrogens is 240 g/mol. The molecule has 1 aliphatic carbocycles. The molecule has 0 spiro atoms. The highest BCUT2D eigenvalue weighted by Crippen LogP contribution is 2.42. The van der Waals surface area contributed by atoms with Gasteiger partial charge in [0.2, 0.25) is 0 Å². The average molecular weight is 262 g/mol. The van der Waals surface area contributed by atoms with Crippen molar-refractivity contribution in [2.75, 3.05) is 18.5 Å². The zero-order valence-corrected chi connectivity index (χ0v) is 11.9. The lowest BCUT2D eigenvalue weighted by atomic mass is 10.1. The van der Waals surface area contributed by atoms with Crippen LogP contribution in [0, 0.1) is 0 Å². The predicted molar refractivity (Wildman–Crippen MR) is 79.7 cm³/mol. The monoisotopic (exact) mass is 262 g/mol. The van der Waals surface area contributed by atoms with Gasteiger partial charge in [-0.15, -0.1) is 0 Å². The summed E-state index contributed by atoms with van der Waals surface area (Å²) in [5.74, 6) is 0. The van der Waals surface area contributed by atoms with Gasteiger partial charge in [0, 0.05) is 30.1 Å². The van der Waals surface area contributed by atoms with Crippen molar-refractivity contribution in [3.63, 3.8) is 0 Å². The van der Waals surface area contributed by atoms with E-state index in [1.807, 2.05) is 6.07 Å². The van der Waals surface area contributed by atoms with Crippen LogP contribution in [0.15, 0.2) is 18.2 Å². The molecule has 3 heteroatoms. The minimum Gasteiger partial charge on any atom is -0.398 e. The fourth-order valence-electron chi connectivity index (χ4n) is 3.48. The first kappa shape index (κ1) is 12.4. The Balaban J connectivity index is 1.72. The molecule has 3 rings (SSSR count). The lowest BCUT2D eigenvalue weighted by molar-refractivity contribution is 0.253. The number of hydrogen-bond acceptors (Lipinski definition) is 3. The third-order valence-corrected chi connectivity index (χ3v) is 5.95. The van der Waals surface area contributed by atoms with Crippen LogP contribution in [0.2, 0.25) is 0 Å². The molecule has 0 aromatic heterocycles. The van der Waals surface area contributed by atoms with Gasteiger partial charge in [0.1, 0.15) is 0 Å². The van der Waals surface area contributed by atoms with Gasteiger partial charge in [-0.1, -0.05) is 25.0 Å². The zero-order valence-electron chi connectivity index (χ0n) is 11.1. The highest BCUT2D eigenvalue weighted by molar-refractivity contribution is 8.00. The van der Waals surface area contributed by atoms with E-state index in [2.05, 4.69) is 35.1 Å². The van der Waals surface area contributed by atoms with E-state index in [1.165, 1.54) is 43.4 Å². The van der Waals surface area contributed by atoms with Gasteiger partial charge in [-0.3, -0.25) is 4.90 Å². The largest absolute Gasteiger partial charge is 0.398 e. The Bertz CT molecular complexity index is 438. The Hall–Kier alpha value is -0.670. The summed E-state index contributed by atoms with van der Waals surface area (Å²) < 4.78 is 0.511. The summed E-state index contributed by atoms with van der Waals surface area (Å²) in [5, 5.41) is 0. The molecule has 2 nitrogen and oxygen atoms in total. The quantitative estimate of drug-likeness (QED) is 0.848. The molecule has 0 saturated heterocycles. The minimum absolute atomic E-state index is 0.511. The summed E-state index contributed by atoms with van der Waals surface area (Å²) in [4.78, 5) is 2.59. The molecular formula is C15H22N2S. The van der Waals surface area contributed by atoms with Crippen molar-refractivity contribution in [3.8, 4) is 0 Å². The van der Waals surface area contributed by atoms with Crippen LogP contribution in [-0.4, -0.2) is 22.4 Å². The van der Waals surface area contributed by atoms with Crippen LogP contribution in [-0.2, 0) is 13.1 Å². The van der Waals surface area contributed by atoms with Crippen molar-refractivity contribution in [2.24, 2.45) is 0 Å². The molecule has 1 aromatic carbocycles. The summed E-state index contributed by atoms with van der Waals surface area (Å²) in [6.45, 7) is 3.36. The molecule has 0 bridgehead atoms. The van der Waals surface area contributed by atoms with Crippen molar-refractivity contribution < 1.29 is 0 Å². The number of anilines is 1. The fourth-order valence-corrected chi connectivity index (χ4v) is 4.49. The maximum absolute atomic E-state index is 6.08. The highest BCUT2D eigenvalue weighted by Gasteiger charge is 2.36. The number of hydrogen-bond donors (Lipinski definition) is 1. The van der Waals surface area contributed by atoms with Gasteiger partial charge in [0.25, 0.3) is 0 Å². The lowest BCUT2D eigenvalue weighted by Gasteiger charge is -2.31. The normalized spacial score (nSPS) is 22.3. The molecule has 0 unspecified atom stereocenters. The molecule has 2 aliphatic rings. The molecule has 0 atom stereocenters. The van der Waals surface area contributed by atoms with Crippen LogP contribution in [0.5, 0.6) is 0 Å². The molecule has 98 valence electrons. The van der Waals surface area contributed by atoms with Gasteiger partial charge in [0.15, 0.2) is 0 Å². The predicted octanol–water partition coefficient (Wildman–Crippen LogP) is 3.26. The van der Waals surface area contributed by atoms with E-state index in [4.69, 9.17) is 5.73 Å². The third kappa shape index (κ3) is 2.14. The first-order chi connectivity index (χ1) is 8.72. The second-order valence-electron chi connectivity index (χ2n) is 5.72. The second kappa shape index (κ2) is 4.78. The standard InChI is InChI=1S/C15H22N2S/c1-18-15(7-2-3-8-15)11-17-9-12-5-4-6-14(16)13(12)10-17/h4-6H,2-3,7-11,16H2,1H3. The Morgan fingerprint density at radius 3 is 2.72 bits per heavy atom. The molecule has 2 N–H and O–H groups in total. The van der Waals surface area contributed by atoms with Crippen molar-refractivity contribution in [3.05, 3.63) is 29.3 Å². The van der Waals surface area contributed by atoms with E-state index >= 15 is 0 Å². The third-order valence-electron chi connectivity index (χ3n) is 4.54. The lowest BCUT2D eigenvalue weighted by Crippen LogP contribution is -2.35. The molecule has 0 amide bonds. The van der Waals surface area contributed by atoms with Crippen molar-refractivity contribution in [1.82, 2.24) is 4.90 Å². The number of benzene rings is 1. The molecule has 1 fully saturated rings. The maximum atomic E-state index is 6.08. The van der Waals surface area contributed by atoms with Crippen molar-refractivity contribution in [2.45, 2.75) is 43.5 Å². The summed E-state index contributed by atoms with van der Waals surface area (Å²) in [7, 11) is 0. The first-order valence-corrected chi connectivity index (χ1v) is 8.09. The molecule has 1 aliphatic heterocycles. The van der Waals surface area contributed by atoms with Crippen LogP contribution < -0.4 is 5.73 Å². The minimum atomic E-state index is 0.511. The summed E-state index contributed by atoms with van der Waals surface area (Å²) >= 11 is 2.08. The van der Waals surface area contributed by atoms with Gasteiger partial charge >= 0.3 is 0 Å². The first-order valence-electron chi connectivity index (χ1n) is 6.86. The van der Waals surface area contributed by atoms with Crippen LogP contribution in [0.1, 0.15) is 36.8 Å². The zero-order chi connectivity index (χ0) is 12.6. The average Bonchev–Trinajstić information content (AvgIpc) is 2.97. The van der Waals surface area contributed by atoms with Crippen LogP contribution in [0.3, 0.4) is 0 Å². The van der Waals surface area contributed by atoms with Crippen molar-refractivity contribution in [1.29, 1.82) is 0 Å². The maximum Gasteiger partial charge on any atom is 0.0363 e. The van der Waals surface area contributed by atoms with E-state index in [0.29, 0.717) is 4.75 Å². The number of fused-ring (bicyclic) bond motifs is 1. The van der Waals surface area contributed by atoms with Crippen molar-refractivity contribution >= 4 is 17.4 Å². The molecule has 0 radical (unpaired) electrons. The van der Waals surface area contributed by atoms with Crippen LogP contribution in [0.4, 0.5) is 5.69 Å². The van der Waals surface area contributed by atoms with Crippen LogP contribution >= 0.6 is 11.8 Å². The topological polar surface area (TPSA) is 29.3 Å². The van der Waals surface area contributed by atoms with Gasteiger partial charge < -0.3 is 5.73 Å². The number of nitrogens with zero attached hydrogens (tertiary/aromatic N) is 1. The second-order valence-corrected chi connectivity index (χ2v) is 7.00. The fraction of sp³-hybridized carbons (Fsp3) is 0.600. The van der Waals surface area contributed by atoms with E-state index in [9.17, 15) is 0 Å². The smallest absolute Gasteiger partial charge is 0.0363 e. The molecule has 18 heavy (non-hydrogen) atoms. The van der Waals surface area contributed by atoms with Gasteiger partial charge in [-0.25, -0.2) is 0 Å². The molecule has 1 saturated carbocycles. The van der Waals surface area contributed by atoms with E-state index in [-0.39, 0.29) is 0 Å². The van der Waals surface area contributed by atoms with Gasteiger partial charge in [-0.05, 0) is 36.3 Å². The summed E-state index contributed by atoms with van der Waals surface area (Å²) in [5.41, 5.74) is 9.85. The Labute approximate surface area is 114 Å². The van der Waals surface area contributed by atoms with Gasteiger partial charge in [-0.2, -0.15) is 11.8 Å². The summed E-state index contributed by atoms with van der Waals surface area (Å²) in [6, 6.07) is 6.34. The Morgan fingerprint density at radius 1 is 1.28 bits per heavy atom. The van der Waals surface area contributed by atoms with Crippen LogP contribution in [0.25, 0.3) is 0 Å². The molecule has 1 heterocycles. The SMILES string of the molecule is CSC1(CN2Cc3cccc(N)c3C2)CCCC1. The Kier molecular flexibility index (Phi) is 3.29. The van der Waals surface area contributed by atoms with E-state index in [0.717, 1.165) is 18.8 Å². The van der Waals surface area contributed by atoms with E-state index in [1.54, 1.807) is 0 Å². The highest BCUT2D eigenvalue weighted by atomic mass is 32.2.